The molecule has 76 valence electrons. The number of hydrogen-bond donors (Lipinski definition) is 0. The zero-order valence-corrected chi connectivity index (χ0v) is 10.0. The Hall–Kier alpha value is -0.280. The molecule has 0 radical (unpaired) electrons. The molecule has 0 amide bonds. The summed E-state index contributed by atoms with van der Waals surface area (Å²) in [5.41, 5.74) is 3.48. The summed E-state index contributed by atoms with van der Waals surface area (Å²) in [5, 5.41) is 0.742. The number of rotatable bonds is 3. The van der Waals surface area contributed by atoms with Crippen LogP contribution >= 0.6 is 23.1 Å². The first-order valence-electron chi connectivity index (χ1n) is 5.01. The maximum absolute atomic E-state index is 4.09. The van der Waals surface area contributed by atoms with Crippen LogP contribution in [0.1, 0.15) is 31.1 Å². The SMILES string of the molecule is CC1=CC(SCc2cncs2)CCC1. The predicted molar refractivity (Wildman–Crippen MR) is 64.8 cm³/mol. The Morgan fingerprint density at radius 1 is 1.64 bits per heavy atom. The molecule has 1 aromatic rings. The van der Waals surface area contributed by atoms with E-state index in [1.54, 1.807) is 16.9 Å². The normalized spacial score (nSPS) is 22.1. The molecular formula is C11H15NS2. The zero-order valence-electron chi connectivity index (χ0n) is 8.40. The fraction of sp³-hybridized carbons (Fsp3) is 0.545. The van der Waals surface area contributed by atoms with Crippen molar-refractivity contribution < 1.29 is 0 Å². The molecule has 0 fully saturated rings. The van der Waals surface area contributed by atoms with Gasteiger partial charge in [0.2, 0.25) is 0 Å². The van der Waals surface area contributed by atoms with Gasteiger partial charge in [-0.05, 0) is 26.2 Å². The number of nitrogens with zero attached hydrogens (tertiary/aromatic N) is 1. The summed E-state index contributed by atoms with van der Waals surface area (Å²) in [6.45, 7) is 2.25. The lowest BCUT2D eigenvalue weighted by Crippen LogP contribution is -2.05. The smallest absolute Gasteiger partial charge is 0.0794 e. The van der Waals surface area contributed by atoms with Gasteiger partial charge in [0.15, 0.2) is 0 Å². The molecule has 1 aromatic heterocycles. The van der Waals surface area contributed by atoms with E-state index in [0.29, 0.717) is 0 Å². The highest BCUT2D eigenvalue weighted by atomic mass is 32.2. The molecule has 1 aliphatic rings. The maximum atomic E-state index is 4.09. The van der Waals surface area contributed by atoms with Crippen LogP contribution in [0, 0.1) is 0 Å². The van der Waals surface area contributed by atoms with Crippen molar-refractivity contribution in [3.05, 3.63) is 28.2 Å². The van der Waals surface area contributed by atoms with Gasteiger partial charge in [-0.15, -0.1) is 23.1 Å². The minimum atomic E-state index is 0.742. The number of thioether (sulfide) groups is 1. The van der Waals surface area contributed by atoms with Crippen LogP contribution in [0.3, 0.4) is 0 Å². The van der Waals surface area contributed by atoms with Crippen molar-refractivity contribution in [2.24, 2.45) is 0 Å². The first-order chi connectivity index (χ1) is 6.84. The highest BCUT2D eigenvalue weighted by Gasteiger charge is 2.11. The molecule has 14 heavy (non-hydrogen) atoms. The molecular weight excluding hydrogens is 210 g/mol. The molecule has 0 N–H and O–H groups in total. The van der Waals surface area contributed by atoms with Crippen LogP contribution in [-0.2, 0) is 5.75 Å². The van der Waals surface area contributed by atoms with Crippen LogP contribution in [0.4, 0.5) is 0 Å². The van der Waals surface area contributed by atoms with Crippen LogP contribution < -0.4 is 0 Å². The van der Waals surface area contributed by atoms with Gasteiger partial charge >= 0.3 is 0 Å². The summed E-state index contributed by atoms with van der Waals surface area (Å²) in [4.78, 5) is 5.49. The van der Waals surface area contributed by atoms with Crippen LogP contribution in [0.15, 0.2) is 23.4 Å². The van der Waals surface area contributed by atoms with Gasteiger partial charge in [-0.25, -0.2) is 0 Å². The highest BCUT2D eigenvalue weighted by molar-refractivity contribution is 7.99. The monoisotopic (exact) mass is 225 g/mol. The largest absolute Gasteiger partial charge is 0.253 e. The third-order valence-electron chi connectivity index (χ3n) is 2.45. The molecule has 2 rings (SSSR count). The fourth-order valence-electron chi connectivity index (χ4n) is 1.70. The second-order valence-electron chi connectivity index (χ2n) is 3.72. The number of allylic oxidation sites excluding steroid dienone is 1. The summed E-state index contributed by atoms with van der Waals surface area (Å²) in [7, 11) is 0. The van der Waals surface area contributed by atoms with Gasteiger partial charge < -0.3 is 0 Å². The zero-order chi connectivity index (χ0) is 9.80. The summed E-state index contributed by atoms with van der Waals surface area (Å²) in [6.07, 6.45) is 8.44. The van der Waals surface area contributed by atoms with Crippen LogP contribution in [-0.4, -0.2) is 10.2 Å². The van der Waals surface area contributed by atoms with E-state index < -0.39 is 0 Å². The Morgan fingerprint density at radius 3 is 3.29 bits per heavy atom. The molecule has 0 saturated heterocycles. The van der Waals surface area contributed by atoms with E-state index in [4.69, 9.17) is 0 Å². The van der Waals surface area contributed by atoms with Gasteiger partial charge in [0.1, 0.15) is 0 Å². The molecule has 1 aliphatic carbocycles. The molecule has 0 spiro atoms. The van der Waals surface area contributed by atoms with Crippen molar-refractivity contribution in [1.29, 1.82) is 0 Å². The fourth-order valence-corrected chi connectivity index (χ4v) is 3.67. The van der Waals surface area contributed by atoms with Gasteiger partial charge in [-0.2, -0.15) is 0 Å². The van der Waals surface area contributed by atoms with Gasteiger partial charge in [0.25, 0.3) is 0 Å². The molecule has 0 aromatic carbocycles. The van der Waals surface area contributed by atoms with Crippen LogP contribution in [0.25, 0.3) is 0 Å². The molecule has 1 unspecified atom stereocenters. The molecule has 1 atom stereocenters. The number of thiazole rings is 1. The minimum absolute atomic E-state index is 0.742. The van der Waals surface area contributed by atoms with Crippen molar-refractivity contribution in [1.82, 2.24) is 4.98 Å². The Morgan fingerprint density at radius 2 is 2.57 bits per heavy atom. The van der Waals surface area contributed by atoms with Crippen molar-refractivity contribution in [2.45, 2.75) is 37.2 Å². The average Bonchev–Trinajstić information content (AvgIpc) is 2.67. The Kier molecular flexibility index (Phi) is 3.65. The van der Waals surface area contributed by atoms with Crippen molar-refractivity contribution in [3.63, 3.8) is 0 Å². The molecule has 1 nitrogen and oxygen atoms in total. The predicted octanol–water partition coefficient (Wildman–Crippen LogP) is 3.88. The van der Waals surface area contributed by atoms with Crippen molar-refractivity contribution in [3.8, 4) is 0 Å². The maximum Gasteiger partial charge on any atom is 0.0794 e. The lowest BCUT2D eigenvalue weighted by molar-refractivity contribution is 0.711. The molecule has 0 bridgehead atoms. The Labute approximate surface area is 93.6 Å². The van der Waals surface area contributed by atoms with E-state index in [1.807, 2.05) is 11.7 Å². The highest BCUT2D eigenvalue weighted by Crippen LogP contribution is 2.29. The lowest BCUT2D eigenvalue weighted by Gasteiger charge is -2.18. The summed E-state index contributed by atoms with van der Waals surface area (Å²) in [5.74, 6) is 1.12. The molecule has 1 heterocycles. The first-order valence-corrected chi connectivity index (χ1v) is 6.94. The summed E-state index contributed by atoms with van der Waals surface area (Å²) >= 11 is 3.81. The number of hydrogen-bond acceptors (Lipinski definition) is 3. The molecule has 0 aliphatic heterocycles. The van der Waals surface area contributed by atoms with Crippen LogP contribution in [0.5, 0.6) is 0 Å². The molecule has 3 heteroatoms. The van der Waals surface area contributed by atoms with E-state index in [2.05, 4.69) is 29.7 Å². The van der Waals surface area contributed by atoms with E-state index in [1.165, 1.54) is 24.1 Å². The topological polar surface area (TPSA) is 12.9 Å². The van der Waals surface area contributed by atoms with E-state index >= 15 is 0 Å². The van der Waals surface area contributed by atoms with Gasteiger partial charge in [0.05, 0.1) is 5.51 Å². The standard InChI is InChI=1S/C11H15NS2/c1-9-3-2-4-10(5-9)13-7-11-6-12-8-14-11/h5-6,8,10H,2-4,7H2,1H3. The second kappa shape index (κ2) is 4.99. The lowest BCUT2D eigenvalue weighted by atomic mass is 10.0. The van der Waals surface area contributed by atoms with E-state index in [-0.39, 0.29) is 0 Å². The summed E-state index contributed by atoms with van der Waals surface area (Å²) in [6, 6.07) is 0. The third-order valence-corrected chi connectivity index (χ3v) is 4.69. The second-order valence-corrected chi connectivity index (χ2v) is 5.92. The van der Waals surface area contributed by atoms with Crippen molar-refractivity contribution in [2.75, 3.05) is 0 Å². The van der Waals surface area contributed by atoms with E-state index in [9.17, 15) is 0 Å². The Balaban J connectivity index is 1.83. The summed E-state index contributed by atoms with van der Waals surface area (Å²) < 4.78 is 0. The average molecular weight is 225 g/mol. The Bertz CT molecular complexity index is 303. The first kappa shape index (κ1) is 10.2. The number of aromatic nitrogens is 1. The minimum Gasteiger partial charge on any atom is -0.253 e. The third kappa shape index (κ3) is 2.85. The molecule has 0 saturated carbocycles. The van der Waals surface area contributed by atoms with Crippen LogP contribution in [0.2, 0.25) is 0 Å². The van der Waals surface area contributed by atoms with Gasteiger partial charge in [-0.1, -0.05) is 11.6 Å². The van der Waals surface area contributed by atoms with Gasteiger partial charge in [-0.3, -0.25) is 4.98 Å². The van der Waals surface area contributed by atoms with E-state index in [0.717, 1.165) is 11.0 Å². The van der Waals surface area contributed by atoms with Crippen molar-refractivity contribution >= 4 is 23.1 Å². The quantitative estimate of drug-likeness (QED) is 0.724. The van der Waals surface area contributed by atoms with Gasteiger partial charge in [0, 0.05) is 22.1 Å².